The molecule has 1 aliphatic heterocycles. The maximum absolute atomic E-state index is 5.94. The molecule has 21 heavy (non-hydrogen) atoms. The first-order chi connectivity index (χ1) is 9.96. The van der Waals surface area contributed by atoms with Crippen molar-refractivity contribution in [3.63, 3.8) is 0 Å². The second kappa shape index (κ2) is 7.43. The van der Waals surface area contributed by atoms with Crippen molar-refractivity contribution in [2.75, 3.05) is 32.7 Å². The van der Waals surface area contributed by atoms with E-state index in [1.807, 2.05) is 0 Å². The Morgan fingerprint density at radius 1 is 1.05 bits per heavy atom. The Kier molecular flexibility index (Phi) is 5.85. The number of hydrogen-bond donors (Lipinski definition) is 1. The Morgan fingerprint density at radius 3 is 2.29 bits per heavy atom. The van der Waals surface area contributed by atoms with Gasteiger partial charge < -0.3 is 14.6 Å². The fraction of sp³-hybridized carbons (Fsp3) is 0.765. The molecule has 0 radical (unpaired) electrons. The highest BCUT2D eigenvalue weighted by Gasteiger charge is 2.17. The summed E-state index contributed by atoms with van der Waals surface area (Å²) in [6.45, 7) is 16.4. The van der Waals surface area contributed by atoms with Crippen molar-refractivity contribution in [1.82, 2.24) is 15.1 Å². The van der Waals surface area contributed by atoms with E-state index in [2.05, 4.69) is 54.9 Å². The minimum atomic E-state index is 0.128. The van der Waals surface area contributed by atoms with E-state index in [-0.39, 0.29) is 5.54 Å². The lowest BCUT2D eigenvalue weighted by atomic mass is 10.1. The van der Waals surface area contributed by atoms with Gasteiger partial charge in [0.1, 0.15) is 11.5 Å². The van der Waals surface area contributed by atoms with Gasteiger partial charge in [-0.1, -0.05) is 6.92 Å². The topological polar surface area (TPSA) is 31.6 Å². The lowest BCUT2D eigenvalue weighted by Gasteiger charge is -2.34. The van der Waals surface area contributed by atoms with Crippen LogP contribution in [0.15, 0.2) is 16.5 Å². The minimum absolute atomic E-state index is 0.128. The van der Waals surface area contributed by atoms with Gasteiger partial charge in [-0.15, -0.1) is 0 Å². The Balaban J connectivity index is 1.75. The summed E-state index contributed by atoms with van der Waals surface area (Å²) < 4.78 is 5.94. The average molecular weight is 293 g/mol. The third-order valence-electron chi connectivity index (χ3n) is 3.89. The van der Waals surface area contributed by atoms with E-state index in [9.17, 15) is 0 Å². The van der Waals surface area contributed by atoms with Gasteiger partial charge in [0.2, 0.25) is 0 Å². The van der Waals surface area contributed by atoms with E-state index in [1.165, 1.54) is 26.1 Å². The maximum Gasteiger partial charge on any atom is 0.118 e. The van der Waals surface area contributed by atoms with E-state index >= 15 is 0 Å². The van der Waals surface area contributed by atoms with Crippen molar-refractivity contribution in [1.29, 1.82) is 0 Å². The molecule has 1 fully saturated rings. The summed E-state index contributed by atoms with van der Waals surface area (Å²) in [4.78, 5) is 5.04. The fourth-order valence-corrected chi connectivity index (χ4v) is 2.66. The third-order valence-corrected chi connectivity index (χ3v) is 3.89. The number of rotatable bonds is 6. The van der Waals surface area contributed by atoms with Crippen molar-refractivity contribution in [2.45, 2.75) is 52.7 Å². The Morgan fingerprint density at radius 2 is 1.67 bits per heavy atom. The van der Waals surface area contributed by atoms with Gasteiger partial charge in [-0.25, -0.2) is 0 Å². The molecule has 1 saturated heterocycles. The second-order valence-corrected chi connectivity index (χ2v) is 7.09. The standard InChI is InChI=1S/C17H31N3O/c1-5-8-19-9-11-20(12-10-19)14-16-7-6-15(21-16)13-18-17(2,3)4/h6-7,18H,5,8-14H2,1-4H3. The Bertz CT molecular complexity index is 414. The smallest absolute Gasteiger partial charge is 0.118 e. The summed E-state index contributed by atoms with van der Waals surface area (Å²) >= 11 is 0. The van der Waals surface area contributed by atoms with Crippen LogP contribution in [-0.4, -0.2) is 48.1 Å². The maximum atomic E-state index is 5.94. The van der Waals surface area contributed by atoms with E-state index in [0.717, 1.165) is 37.7 Å². The molecule has 1 aromatic heterocycles. The van der Waals surface area contributed by atoms with Crippen LogP contribution in [0.4, 0.5) is 0 Å². The lowest BCUT2D eigenvalue weighted by molar-refractivity contribution is 0.120. The molecule has 0 atom stereocenters. The number of furan rings is 1. The minimum Gasteiger partial charge on any atom is -0.463 e. The van der Waals surface area contributed by atoms with E-state index < -0.39 is 0 Å². The first-order valence-electron chi connectivity index (χ1n) is 8.23. The van der Waals surface area contributed by atoms with E-state index in [1.54, 1.807) is 0 Å². The molecule has 120 valence electrons. The van der Waals surface area contributed by atoms with Crippen LogP contribution in [0.3, 0.4) is 0 Å². The van der Waals surface area contributed by atoms with Crippen molar-refractivity contribution < 1.29 is 4.42 Å². The van der Waals surface area contributed by atoms with Crippen LogP contribution < -0.4 is 5.32 Å². The highest BCUT2D eigenvalue weighted by molar-refractivity contribution is 5.07. The molecule has 1 aromatic rings. The number of hydrogen-bond acceptors (Lipinski definition) is 4. The van der Waals surface area contributed by atoms with Gasteiger partial charge in [0, 0.05) is 31.7 Å². The van der Waals surface area contributed by atoms with Crippen molar-refractivity contribution >= 4 is 0 Å². The zero-order valence-corrected chi connectivity index (χ0v) is 14.1. The number of piperazine rings is 1. The molecule has 4 heteroatoms. The quantitative estimate of drug-likeness (QED) is 0.874. The van der Waals surface area contributed by atoms with Crippen LogP contribution in [0.5, 0.6) is 0 Å². The molecule has 2 heterocycles. The molecule has 1 aliphatic rings. The SMILES string of the molecule is CCCN1CCN(Cc2ccc(CNC(C)(C)C)o2)CC1. The van der Waals surface area contributed by atoms with Gasteiger partial charge in [-0.05, 0) is 45.9 Å². The van der Waals surface area contributed by atoms with Gasteiger partial charge in [-0.2, -0.15) is 0 Å². The fourth-order valence-electron chi connectivity index (χ4n) is 2.66. The number of nitrogens with zero attached hydrogens (tertiary/aromatic N) is 2. The summed E-state index contributed by atoms with van der Waals surface area (Å²) in [5, 5.41) is 3.46. The zero-order valence-electron chi connectivity index (χ0n) is 14.1. The largest absolute Gasteiger partial charge is 0.463 e. The van der Waals surface area contributed by atoms with Crippen molar-refractivity contribution in [3.8, 4) is 0 Å². The second-order valence-electron chi connectivity index (χ2n) is 7.09. The highest BCUT2D eigenvalue weighted by Crippen LogP contribution is 2.13. The van der Waals surface area contributed by atoms with Crippen LogP contribution in [-0.2, 0) is 13.1 Å². The first-order valence-corrected chi connectivity index (χ1v) is 8.23. The molecule has 4 nitrogen and oxygen atoms in total. The number of nitrogens with one attached hydrogen (secondary N) is 1. The summed E-state index contributed by atoms with van der Waals surface area (Å²) in [7, 11) is 0. The van der Waals surface area contributed by atoms with Crippen LogP contribution in [0.2, 0.25) is 0 Å². The molecule has 0 aliphatic carbocycles. The summed E-state index contributed by atoms with van der Waals surface area (Å²) in [5.41, 5.74) is 0.128. The third kappa shape index (κ3) is 5.81. The van der Waals surface area contributed by atoms with Gasteiger partial charge in [0.15, 0.2) is 0 Å². The molecule has 0 aromatic carbocycles. The molecular weight excluding hydrogens is 262 g/mol. The van der Waals surface area contributed by atoms with Crippen LogP contribution in [0, 0.1) is 0 Å². The Labute approximate surface area is 129 Å². The van der Waals surface area contributed by atoms with Gasteiger partial charge >= 0.3 is 0 Å². The predicted molar refractivity (Wildman–Crippen MR) is 87.3 cm³/mol. The normalized spacial score (nSPS) is 18.3. The van der Waals surface area contributed by atoms with Crippen molar-refractivity contribution in [3.05, 3.63) is 23.7 Å². The van der Waals surface area contributed by atoms with Crippen LogP contribution >= 0.6 is 0 Å². The molecule has 0 saturated carbocycles. The summed E-state index contributed by atoms with van der Waals surface area (Å²) in [5.74, 6) is 2.12. The molecule has 0 amide bonds. The first kappa shape index (κ1) is 16.5. The molecule has 0 bridgehead atoms. The summed E-state index contributed by atoms with van der Waals surface area (Å²) in [6, 6.07) is 4.22. The van der Waals surface area contributed by atoms with Gasteiger partial charge in [-0.3, -0.25) is 4.90 Å². The van der Waals surface area contributed by atoms with E-state index in [0.29, 0.717) is 0 Å². The molecule has 0 spiro atoms. The molecular formula is C17H31N3O. The van der Waals surface area contributed by atoms with Crippen molar-refractivity contribution in [2.24, 2.45) is 0 Å². The van der Waals surface area contributed by atoms with Gasteiger partial charge in [0.05, 0.1) is 13.1 Å². The lowest BCUT2D eigenvalue weighted by Crippen LogP contribution is -2.45. The molecule has 1 N–H and O–H groups in total. The molecule has 2 rings (SSSR count). The van der Waals surface area contributed by atoms with Crippen LogP contribution in [0.25, 0.3) is 0 Å². The van der Waals surface area contributed by atoms with E-state index in [4.69, 9.17) is 4.42 Å². The van der Waals surface area contributed by atoms with Gasteiger partial charge in [0.25, 0.3) is 0 Å². The van der Waals surface area contributed by atoms with Crippen LogP contribution in [0.1, 0.15) is 45.6 Å². The summed E-state index contributed by atoms with van der Waals surface area (Å²) in [6.07, 6.45) is 1.25. The predicted octanol–water partition coefficient (Wildman–Crippen LogP) is 2.70. The highest BCUT2D eigenvalue weighted by atomic mass is 16.3. The Hall–Kier alpha value is -0.840. The zero-order chi connectivity index (χ0) is 15.3. The molecule has 0 unspecified atom stereocenters. The average Bonchev–Trinajstić information content (AvgIpc) is 2.86. The monoisotopic (exact) mass is 293 g/mol.